The maximum atomic E-state index is 12.9. The normalized spacial score (nSPS) is 17.3. The Bertz CT molecular complexity index is 2620. The van der Waals surface area contributed by atoms with Crippen molar-refractivity contribution in [2.45, 2.75) is 65.3 Å². The van der Waals surface area contributed by atoms with E-state index in [1.807, 2.05) is 65.1 Å². The monoisotopic (exact) mass is 850 g/mol. The number of benzene rings is 2. The molecule has 3 aliphatic heterocycles. The van der Waals surface area contributed by atoms with Gasteiger partial charge in [0.1, 0.15) is 12.0 Å². The molecule has 63 heavy (non-hydrogen) atoms. The highest BCUT2D eigenvalue weighted by atomic mass is 16.5. The van der Waals surface area contributed by atoms with E-state index >= 15 is 0 Å². The van der Waals surface area contributed by atoms with Gasteiger partial charge in [0.2, 0.25) is 5.91 Å². The summed E-state index contributed by atoms with van der Waals surface area (Å²) in [5.74, 6) is 0.471. The van der Waals surface area contributed by atoms with Crippen molar-refractivity contribution < 1.29 is 18.9 Å². The van der Waals surface area contributed by atoms with Crippen LogP contribution in [0.5, 0.6) is 0 Å². The number of piperidine rings is 1. The fraction of sp³-hybridized carbons (Fsp3) is 0.404. The highest BCUT2D eigenvalue weighted by molar-refractivity contribution is 6.05. The Morgan fingerprint density at radius 3 is 2.29 bits per heavy atom. The summed E-state index contributed by atoms with van der Waals surface area (Å²) in [5.41, 5.74) is 8.96. The minimum Gasteiger partial charge on any atom is -0.372 e. The second kappa shape index (κ2) is 17.2. The van der Waals surface area contributed by atoms with Gasteiger partial charge in [-0.3, -0.25) is 29.7 Å². The third-order valence-corrected chi connectivity index (χ3v) is 12.5. The summed E-state index contributed by atoms with van der Waals surface area (Å²) >= 11 is 0. The van der Waals surface area contributed by atoms with Gasteiger partial charge in [0.25, 0.3) is 0 Å². The molecule has 2 aromatic carbocycles. The number of imide groups is 1. The minimum absolute atomic E-state index is 0.0505. The third kappa shape index (κ3) is 8.98. The molecule has 3 fully saturated rings. The number of nitrogens with zero attached hydrogens (tertiary/aromatic N) is 9. The van der Waals surface area contributed by atoms with Gasteiger partial charge in [-0.15, -0.1) is 0 Å². The molecule has 16 nitrogen and oxygen atoms in total. The van der Waals surface area contributed by atoms with Gasteiger partial charge in [-0.2, -0.15) is 4.98 Å². The lowest BCUT2D eigenvalue weighted by Crippen LogP contribution is -2.49. The van der Waals surface area contributed by atoms with Gasteiger partial charge in [0, 0.05) is 86.5 Å². The molecule has 1 atom stereocenters. The van der Waals surface area contributed by atoms with Crippen LogP contribution in [0.1, 0.15) is 80.6 Å². The van der Waals surface area contributed by atoms with Crippen molar-refractivity contribution in [2.75, 3.05) is 67.1 Å². The molecular formula is C47H54N12O4. The van der Waals surface area contributed by atoms with E-state index in [-0.39, 0.29) is 29.3 Å². The Morgan fingerprint density at radius 1 is 0.873 bits per heavy atom. The van der Waals surface area contributed by atoms with Crippen LogP contribution in [-0.4, -0.2) is 105 Å². The van der Waals surface area contributed by atoms with Crippen molar-refractivity contribution in [3.63, 3.8) is 0 Å². The van der Waals surface area contributed by atoms with E-state index in [4.69, 9.17) is 9.51 Å². The Morgan fingerprint density at radius 2 is 1.60 bits per heavy atom. The molecule has 0 aliphatic carbocycles. The van der Waals surface area contributed by atoms with Crippen molar-refractivity contribution in [1.29, 1.82) is 0 Å². The molecule has 0 unspecified atom stereocenters. The maximum Gasteiger partial charge on any atom is 0.328 e. The van der Waals surface area contributed by atoms with Gasteiger partial charge in [0.05, 0.1) is 35.0 Å². The van der Waals surface area contributed by atoms with E-state index in [2.05, 4.69) is 86.8 Å². The number of H-pyrrole nitrogens is 1. The first-order valence-corrected chi connectivity index (χ1v) is 21.9. The van der Waals surface area contributed by atoms with Gasteiger partial charge in [-0.05, 0) is 92.3 Å². The number of nitrogens with one attached hydrogen (secondary N) is 3. The average molecular weight is 851 g/mol. The number of aromatic amines is 1. The fourth-order valence-electron chi connectivity index (χ4n) is 8.89. The Labute approximate surface area is 366 Å². The molecule has 6 aromatic rings. The number of amides is 4. The zero-order chi connectivity index (χ0) is 43.8. The fourth-order valence-corrected chi connectivity index (χ4v) is 8.89. The van der Waals surface area contributed by atoms with Gasteiger partial charge in [-0.25, -0.2) is 14.8 Å². The molecule has 4 amide bonds. The summed E-state index contributed by atoms with van der Waals surface area (Å²) < 4.78 is 5.25. The lowest BCUT2D eigenvalue weighted by Gasteiger charge is -2.40. The first-order chi connectivity index (χ1) is 30.4. The van der Waals surface area contributed by atoms with Crippen molar-refractivity contribution >= 4 is 45.9 Å². The van der Waals surface area contributed by atoms with Crippen LogP contribution >= 0.6 is 0 Å². The predicted molar refractivity (Wildman–Crippen MR) is 242 cm³/mol. The van der Waals surface area contributed by atoms with Crippen LogP contribution in [0.4, 0.5) is 21.9 Å². The number of hydrogen-bond donors (Lipinski definition) is 3. The Kier molecular flexibility index (Phi) is 11.4. The molecule has 3 N–H and O–H groups in total. The van der Waals surface area contributed by atoms with Gasteiger partial charge < -0.3 is 24.6 Å². The smallest absolute Gasteiger partial charge is 0.328 e. The summed E-state index contributed by atoms with van der Waals surface area (Å²) in [6, 6.07) is 19.9. The largest absolute Gasteiger partial charge is 0.372 e. The molecule has 0 bridgehead atoms. The zero-order valence-electron chi connectivity index (χ0n) is 36.5. The van der Waals surface area contributed by atoms with Crippen LogP contribution in [0.2, 0.25) is 0 Å². The predicted octanol–water partition coefficient (Wildman–Crippen LogP) is 6.65. The van der Waals surface area contributed by atoms with Crippen LogP contribution in [-0.2, 0) is 10.2 Å². The number of anilines is 3. The molecule has 326 valence electrons. The van der Waals surface area contributed by atoms with Crippen LogP contribution in [0.25, 0.3) is 33.7 Å². The minimum atomic E-state index is -0.412. The van der Waals surface area contributed by atoms with Crippen molar-refractivity contribution in [2.24, 2.45) is 5.92 Å². The van der Waals surface area contributed by atoms with E-state index in [9.17, 15) is 14.4 Å². The second-order valence-corrected chi connectivity index (χ2v) is 18.0. The molecule has 9 rings (SSSR count). The SMILES string of the molecule is Cc1cc(-c2ncnc3[nH]c(-c4ccc(N5CCN(CC6CCN(c7ccc(N8CCC(=O)NC8=O)cc7)CC6)CC5)cn4)cc23)ccc1[C@H](C)NC(=O)c1nc(C(C)(C)C)no1. The molecule has 3 aliphatic rings. The van der Waals surface area contributed by atoms with Gasteiger partial charge in [0.15, 0.2) is 5.82 Å². The number of aromatic nitrogens is 6. The third-order valence-electron chi connectivity index (χ3n) is 12.5. The standard InChI is InChI=1S/C47H54N12O4/c1-29-24-32(6-12-36(29)30(2)51-43(61)44-54-45(55-63-44)47(3,4)5)41-37-25-39(52-42(37)50-28-49-41)38-13-11-35(26-48-38)58-22-20-56(21-23-58)27-31-14-17-57(18-15-31)33-7-9-34(10-8-33)59-19-16-40(60)53-46(59)62/h6-13,24-26,28,30-31H,14-23,27H2,1-5H3,(H,51,61)(H,49,50,52)(H,53,60,62)/t30-/m0/s1. The van der Waals surface area contributed by atoms with Gasteiger partial charge in [-0.1, -0.05) is 38.1 Å². The number of carbonyl (C=O) groups excluding carboxylic acids is 3. The average Bonchev–Trinajstić information content (AvgIpc) is 3.97. The maximum absolute atomic E-state index is 12.9. The van der Waals surface area contributed by atoms with E-state index in [0.29, 0.717) is 24.7 Å². The van der Waals surface area contributed by atoms with Gasteiger partial charge >= 0.3 is 17.8 Å². The van der Waals surface area contributed by atoms with Crippen LogP contribution < -0.4 is 25.3 Å². The van der Waals surface area contributed by atoms with E-state index < -0.39 is 5.91 Å². The summed E-state index contributed by atoms with van der Waals surface area (Å²) in [6.45, 7) is 17.4. The van der Waals surface area contributed by atoms with E-state index in [0.717, 1.165) is 115 Å². The van der Waals surface area contributed by atoms with Crippen LogP contribution in [0, 0.1) is 12.8 Å². The summed E-state index contributed by atoms with van der Waals surface area (Å²) in [5, 5.41) is 10.3. The van der Waals surface area contributed by atoms with E-state index in [1.165, 1.54) is 5.69 Å². The van der Waals surface area contributed by atoms with Crippen LogP contribution in [0.3, 0.4) is 0 Å². The number of hydrogen-bond acceptors (Lipinski definition) is 12. The molecular weight excluding hydrogens is 797 g/mol. The molecule has 16 heteroatoms. The number of pyridine rings is 1. The molecule has 4 aromatic heterocycles. The number of fused-ring (bicyclic) bond motifs is 1. The summed E-state index contributed by atoms with van der Waals surface area (Å²) in [7, 11) is 0. The van der Waals surface area contributed by atoms with E-state index in [1.54, 1.807) is 11.2 Å². The highest BCUT2D eigenvalue weighted by Gasteiger charge is 2.28. The first kappa shape index (κ1) is 41.7. The van der Waals surface area contributed by atoms with Crippen molar-refractivity contribution in [3.05, 3.63) is 96.0 Å². The highest BCUT2D eigenvalue weighted by Crippen LogP contribution is 2.33. The molecule has 0 radical (unpaired) electrons. The second-order valence-electron chi connectivity index (χ2n) is 18.0. The quantitative estimate of drug-likeness (QED) is 0.134. The molecule has 7 heterocycles. The molecule has 0 spiro atoms. The topological polar surface area (TPSA) is 182 Å². The number of piperazine rings is 1. The lowest BCUT2D eigenvalue weighted by molar-refractivity contribution is -0.120. The molecule has 3 saturated heterocycles. The summed E-state index contributed by atoms with van der Waals surface area (Å²) in [6.07, 6.45) is 6.17. The Hall–Kier alpha value is -6.68. The lowest BCUT2D eigenvalue weighted by atomic mass is 9.95. The van der Waals surface area contributed by atoms with Crippen molar-refractivity contribution in [3.8, 4) is 22.6 Å². The number of carbonyl (C=O) groups is 3. The number of urea groups is 1. The summed E-state index contributed by atoms with van der Waals surface area (Å²) in [4.78, 5) is 67.7. The molecule has 0 saturated carbocycles. The van der Waals surface area contributed by atoms with Crippen molar-refractivity contribution in [1.82, 2.24) is 45.6 Å². The number of aryl methyl sites for hydroxylation is 1. The zero-order valence-corrected chi connectivity index (χ0v) is 36.5. The number of rotatable bonds is 10. The van der Waals surface area contributed by atoms with Crippen LogP contribution in [0.15, 0.2) is 77.7 Å². The first-order valence-electron chi connectivity index (χ1n) is 21.9. The Balaban J connectivity index is 0.768.